The fraction of sp³-hybridized carbons (Fsp3) is 0.267. The third kappa shape index (κ3) is 2.04. The van der Waals surface area contributed by atoms with Crippen molar-refractivity contribution < 1.29 is 9.21 Å². The second-order valence-corrected chi connectivity index (χ2v) is 4.93. The summed E-state index contributed by atoms with van der Waals surface area (Å²) in [4.78, 5) is 14.2. The van der Waals surface area contributed by atoms with Gasteiger partial charge < -0.3 is 9.32 Å². The minimum Gasteiger partial charge on any atom is -0.456 e. The van der Waals surface area contributed by atoms with Crippen LogP contribution in [-0.2, 0) is 12.3 Å². The summed E-state index contributed by atoms with van der Waals surface area (Å²) in [6, 6.07) is 9.71. The number of aryl methyl sites for hydroxylation is 1. The molecule has 1 aliphatic heterocycles. The quantitative estimate of drug-likeness (QED) is 0.786. The molecule has 0 atom stereocenters. The number of halogens is 1. The predicted molar refractivity (Wildman–Crippen MR) is 74.8 cm³/mol. The Morgan fingerprint density at radius 1 is 1.42 bits per heavy atom. The van der Waals surface area contributed by atoms with Crippen molar-refractivity contribution in [1.82, 2.24) is 0 Å². The Kier molecular flexibility index (Phi) is 3.07. The van der Waals surface area contributed by atoms with E-state index in [1.807, 2.05) is 25.1 Å². The lowest BCUT2D eigenvalue weighted by Gasteiger charge is -2.15. The summed E-state index contributed by atoms with van der Waals surface area (Å²) < 4.78 is 5.52. The van der Waals surface area contributed by atoms with E-state index in [9.17, 15) is 4.79 Å². The van der Waals surface area contributed by atoms with E-state index in [4.69, 9.17) is 16.0 Å². The van der Waals surface area contributed by atoms with Gasteiger partial charge in [0, 0.05) is 17.8 Å². The van der Waals surface area contributed by atoms with Crippen LogP contribution >= 0.6 is 11.6 Å². The number of benzene rings is 1. The molecular weight excluding hydrogens is 262 g/mol. The van der Waals surface area contributed by atoms with Gasteiger partial charge in [0.05, 0.1) is 5.88 Å². The number of furan rings is 1. The van der Waals surface area contributed by atoms with Crippen LogP contribution in [0.15, 0.2) is 34.7 Å². The van der Waals surface area contributed by atoms with E-state index < -0.39 is 0 Å². The van der Waals surface area contributed by atoms with Crippen LogP contribution in [0.2, 0.25) is 0 Å². The Morgan fingerprint density at radius 3 is 2.95 bits per heavy atom. The molecule has 1 amide bonds. The minimum absolute atomic E-state index is 0.0931. The molecule has 1 aromatic carbocycles. The highest BCUT2D eigenvalue weighted by Gasteiger charge is 2.27. The van der Waals surface area contributed by atoms with E-state index in [1.54, 1.807) is 11.0 Å². The number of alkyl halides is 1. The van der Waals surface area contributed by atoms with Crippen LogP contribution in [0.1, 0.15) is 27.4 Å². The standard InChI is InChI=1S/C15H14ClNO2/c1-10-12(9-16)8-14(19-10)15(18)17-7-6-11-4-2-3-5-13(11)17/h2-5,8H,6-7,9H2,1H3. The van der Waals surface area contributed by atoms with Crippen molar-refractivity contribution >= 4 is 23.2 Å². The lowest BCUT2D eigenvalue weighted by atomic mass is 10.2. The highest BCUT2D eigenvalue weighted by molar-refractivity contribution is 6.17. The van der Waals surface area contributed by atoms with Gasteiger partial charge in [0.1, 0.15) is 5.76 Å². The zero-order valence-electron chi connectivity index (χ0n) is 10.6. The fourth-order valence-electron chi connectivity index (χ4n) is 2.44. The van der Waals surface area contributed by atoms with E-state index in [-0.39, 0.29) is 5.91 Å². The Bertz CT molecular complexity index is 633. The summed E-state index contributed by atoms with van der Waals surface area (Å²) in [5, 5.41) is 0. The maximum atomic E-state index is 12.5. The number of hydrogen-bond donors (Lipinski definition) is 0. The van der Waals surface area contributed by atoms with Crippen molar-refractivity contribution in [2.75, 3.05) is 11.4 Å². The van der Waals surface area contributed by atoms with Gasteiger partial charge in [-0.25, -0.2) is 0 Å². The molecule has 0 bridgehead atoms. The molecule has 1 aromatic heterocycles. The van der Waals surface area contributed by atoms with E-state index >= 15 is 0 Å². The smallest absolute Gasteiger partial charge is 0.293 e. The van der Waals surface area contributed by atoms with E-state index in [1.165, 1.54) is 5.56 Å². The van der Waals surface area contributed by atoms with Crippen LogP contribution in [-0.4, -0.2) is 12.5 Å². The van der Waals surface area contributed by atoms with Gasteiger partial charge in [0.15, 0.2) is 5.76 Å². The zero-order valence-corrected chi connectivity index (χ0v) is 11.4. The molecule has 0 N–H and O–H groups in total. The predicted octanol–water partition coefficient (Wildman–Crippen LogP) is 3.53. The number of fused-ring (bicyclic) bond motifs is 1. The highest BCUT2D eigenvalue weighted by atomic mass is 35.5. The highest BCUT2D eigenvalue weighted by Crippen LogP contribution is 2.29. The monoisotopic (exact) mass is 275 g/mol. The molecule has 0 unspecified atom stereocenters. The Labute approximate surface area is 116 Å². The number of carbonyl (C=O) groups excluding carboxylic acids is 1. The van der Waals surface area contributed by atoms with Crippen molar-refractivity contribution in [2.24, 2.45) is 0 Å². The zero-order chi connectivity index (χ0) is 13.4. The molecule has 0 spiro atoms. The molecule has 1 aliphatic rings. The summed E-state index contributed by atoms with van der Waals surface area (Å²) in [6.07, 6.45) is 0.893. The third-order valence-corrected chi connectivity index (χ3v) is 3.80. The van der Waals surface area contributed by atoms with Gasteiger partial charge in [0.25, 0.3) is 5.91 Å². The van der Waals surface area contributed by atoms with Gasteiger partial charge in [-0.2, -0.15) is 0 Å². The lowest BCUT2D eigenvalue weighted by Crippen LogP contribution is -2.28. The second-order valence-electron chi connectivity index (χ2n) is 4.66. The summed E-state index contributed by atoms with van der Waals surface area (Å²) in [7, 11) is 0. The molecule has 98 valence electrons. The topological polar surface area (TPSA) is 33.5 Å². The molecule has 0 fully saturated rings. The van der Waals surface area contributed by atoms with Gasteiger partial charge >= 0.3 is 0 Å². The molecule has 2 aromatic rings. The number of para-hydroxylation sites is 1. The number of amides is 1. The molecule has 0 radical (unpaired) electrons. The van der Waals surface area contributed by atoms with Gasteiger partial charge in [-0.1, -0.05) is 18.2 Å². The Balaban J connectivity index is 1.93. The number of rotatable bonds is 2. The molecule has 3 nitrogen and oxygen atoms in total. The molecule has 0 saturated carbocycles. The normalized spacial score (nSPS) is 13.7. The van der Waals surface area contributed by atoms with Crippen LogP contribution in [0.5, 0.6) is 0 Å². The summed E-state index contributed by atoms with van der Waals surface area (Å²) in [5.74, 6) is 1.35. The number of anilines is 1. The Hall–Kier alpha value is -1.74. The summed E-state index contributed by atoms with van der Waals surface area (Å²) in [5.41, 5.74) is 3.06. The first-order valence-corrected chi connectivity index (χ1v) is 6.79. The summed E-state index contributed by atoms with van der Waals surface area (Å²) >= 11 is 5.81. The van der Waals surface area contributed by atoms with Gasteiger partial charge in [-0.3, -0.25) is 4.79 Å². The van der Waals surface area contributed by atoms with Crippen molar-refractivity contribution in [2.45, 2.75) is 19.2 Å². The van der Waals surface area contributed by atoms with Crippen molar-refractivity contribution in [1.29, 1.82) is 0 Å². The summed E-state index contributed by atoms with van der Waals surface area (Å²) in [6.45, 7) is 2.53. The van der Waals surface area contributed by atoms with Crippen LogP contribution in [0, 0.1) is 6.92 Å². The number of nitrogens with zero attached hydrogens (tertiary/aromatic N) is 1. The molecule has 2 heterocycles. The van der Waals surface area contributed by atoms with Gasteiger partial charge in [0.2, 0.25) is 0 Å². The fourth-order valence-corrected chi connectivity index (χ4v) is 2.71. The number of hydrogen-bond acceptors (Lipinski definition) is 2. The number of carbonyl (C=O) groups is 1. The van der Waals surface area contributed by atoms with Crippen LogP contribution in [0.4, 0.5) is 5.69 Å². The van der Waals surface area contributed by atoms with Crippen LogP contribution < -0.4 is 4.90 Å². The average Bonchev–Trinajstić information content (AvgIpc) is 3.01. The third-order valence-electron chi connectivity index (χ3n) is 3.51. The maximum Gasteiger partial charge on any atom is 0.293 e. The van der Waals surface area contributed by atoms with Crippen molar-refractivity contribution in [3.8, 4) is 0 Å². The maximum absolute atomic E-state index is 12.5. The lowest BCUT2D eigenvalue weighted by molar-refractivity contribution is 0.0961. The largest absolute Gasteiger partial charge is 0.456 e. The van der Waals surface area contributed by atoms with Crippen molar-refractivity contribution in [3.63, 3.8) is 0 Å². The first-order valence-electron chi connectivity index (χ1n) is 6.25. The molecular formula is C15H14ClNO2. The van der Waals surface area contributed by atoms with Gasteiger partial charge in [-0.15, -0.1) is 11.6 Å². The molecule has 3 rings (SSSR count). The van der Waals surface area contributed by atoms with Crippen LogP contribution in [0.3, 0.4) is 0 Å². The average molecular weight is 276 g/mol. The molecule has 4 heteroatoms. The minimum atomic E-state index is -0.0931. The van der Waals surface area contributed by atoms with E-state index in [0.717, 1.165) is 17.7 Å². The SMILES string of the molecule is Cc1oc(C(=O)N2CCc3ccccc32)cc1CCl. The molecule has 19 heavy (non-hydrogen) atoms. The molecule has 0 aliphatic carbocycles. The van der Waals surface area contributed by atoms with Crippen LogP contribution in [0.25, 0.3) is 0 Å². The molecule has 0 saturated heterocycles. The van der Waals surface area contributed by atoms with E-state index in [0.29, 0.717) is 23.9 Å². The first-order chi connectivity index (χ1) is 9.20. The van der Waals surface area contributed by atoms with Crippen molar-refractivity contribution in [3.05, 3.63) is 53.0 Å². The first kappa shape index (κ1) is 12.3. The second kappa shape index (κ2) is 4.74. The van der Waals surface area contributed by atoms with E-state index in [2.05, 4.69) is 6.07 Å². The van der Waals surface area contributed by atoms with Gasteiger partial charge in [-0.05, 0) is 31.0 Å². The Morgan fingerprint density at radius 2 is 2.21 bits per heavy atom.